The minimum Gasteiger partial charge on any atom is -0.483 e. The quantitative estimate of drug-likeness (QED) is 0.461. The molecule has 2 amide bonds. The molecule has 0 aromatic heterocycles. The minimum atomic E-state index is -0.294. The van der Waals surface area contributed by atoms with Crippen LogP contribution in [0.25, 0.3) is 0 Å². The summed E-state index contributed by atoms with van der Waals surface area (Å²) >= 11 is 0. The van der Waals surface area contributed by atoms with Gasteiger partial charge in [0.15, 0.2) is 6.61 Å². The van der Waals surface area contributed by atoms with E-state index in [0.29, 0.717) is 43.2 Å². The molecule has 0 heterocycles. The molecule has 0 saturated heterocycles. The Hall–Kier alpha value is -3.64. The van der Waals surface area contributed by atoms with Crippen molar-refractivity contribution in [2.75, 3.05) is 25.1 Å². The number of carbonyl (C=O) groups excluding carboxylic acids is 2. The lowest BCUT2D eigenvalue weighted by atomic mass is 10.2. The van der Waals surface area contributed by atoms with E-state index in [-0.39, 0.29) is 18.4 Å². The maximum absolute atomic E-state index is 12.5. The minimum absolute atomic E-state index is 0.166. The number of hydrogen-bond acceptors (Lipinski definition) is 4. The molecule has 0 aliphatic rings. The van der Waals surface area contributed by atoms with Gasteiger partial charge in [-0.3, -0.25) is 9.59 Å². The molecule has 0 saturated carbocycles. The molecular weight excluding hydrogens is 392 g/mol. The van der Waals surface area contributed by atoms with Crippen LogP contribution >= 0.6 is 0 Å². The van der Waals surface area contributed by atoms with Crippen molar-refractivity contribution < 1.29 is 19.1 Å². The van der Waals surface area contributed by atoms with Crippen LogP contribution in [-0.4, -0.2) is 31.6 Å². The van der Waals surface area contributed by atoms with E-state index in [4.69, 9.17) is 9.47 Å². The van der Waals surface area contributed by atoms with Crippen LogP contribution in [0, 0.1) is 0 Å². The van der Waals surface area contributed by atoms with Crippen LogP contribution < -0.4 is 15.4 Å². The van der Waals surface area contributed by atoms with Crippen LogP contribution in [0.3, 0.4) is 0 Å². The van der Waals surface area contributed by atoms with Gasteiger partial charge in [-0.2, -0.15) is 0 Å². The van der Waals surface area contributed by atoms with Gasteiger partial charge in [-0.25, -0.2) is 0 Å². The Morgan fingerprint density at radius 1 is 0.806 bits per heavy atom. The highest BCUT2D eigenvalue weighted by Crippen LogP contribution is 2.19. The zero-order chi connectivity index (χ0) is 21.7. The summed E-state index contributed by atoms with van der Waals surface area (Å²) in [6.45, 7) is 1.44. The van der Waals surface area contributed by atoms with Crippen LogP contribution in [0.15, 0.2) is 84.9 Å². The van der Waals surface area contributed by atoms with Gasteiger partial charge in [-0.1, -0.05) is 60.7 Å². The van der Waals surface area contributed by atoms with E-state index in [1.165, 1.54) is 0 Å². The third-order valence-electron chi connectivity index (χ3n) is 4.42. The second-order valence-corrected chi connectivity index (χ2v) is 6.85. The van der Waals surface area contributed by atoms with Crippen molar-refractivity contribution >= 4 is 17.5 Å². The van der Waals surface area contributed by atoms with Crippen LogP contribution in [0.2, 0.25) is 0 Å². The first kappa shape index (κ1) is 22.1. The lowest BCUT2D eigenvalue weighted by Crippen LogP contribution is -2.30. The van der Waals surface area contributed by atoms with Crippen LogP contribution in [0.4, 0.5) is 5.69 Å². The van der Waals surface area contributed by atoms with Crippen molar-refractivity contribution in [1.29, 1.82) is 0 Å². The number of benzene rings is 3. The summed E-state index contributed by atoms with van der Waals surface area (Å²) in [6.07, 6.45) is 0.703. The molecule has 31 heavy (non-hydrogen) atoms. The third kappa shape index (κ3) is 7.60. The van der Waals surface area contributed by atoms with E-state index in [1.807, 2.05) is 48.5 Å². The lowest BCUT2D eigenvalue weighted by Gasteiger charge is -2.12. The highest BCUT2D eigenvalue weighted by Gasteiger charge is 2.13. The molecule has 160 valence electrons. The fourth-order valence-electron chi connectivity index (χ4n) is 2.86. The van der Waals surface area contributed by atoms with Crippen molar-refractivity contribution in [1.82, 2.24) is 5.32 Å². The number of nitrogens with one attached hydrogen (secondary N) is 2. The van der Waals surface area contributed by atoms with Gasteiger partial charge in [-0.15, -0.1) is 0 Å². The van der Waals surface area contributed by atoms with E-state index >= 15 is 0 Å². The van der Waals surface area contributed by atoms with Gasteiger partial charge in [0.2, 0.25) is 0 Å². The molecule has 0 bridgehead atoms. The smallest absolute Gasteiger partial charge is 0.259 e. The number of amides is 2. The molecule has 0 aliphatic carbocycles. The Morgan fingerprint density at radius 2 is 1.48 bits per heavy atom. The van der Waals surface area contributed by atoms with Crippen LogP contribution in [-0.2, 0) is 16.1 Å². The second kappa shape index (κ2) is 12.1. The summed E-state index contributed by atoms with van der Waals surface area (Å²) in [5.74, 6) is -0.184. The molecule has 6 heteroatoms. The molecule has 0 atom stereocenters. The Bertz CT molecular complexity index is 962. The molecule has 3 aromatic carbocycles. The average molecular weight is 418 g/mol. The van der Waals surface area contributed by atoms with Gasteiger partial charge >= 0.3 is 0 Å². The Balaban J connectivity index is 1.37. The summed E-state index contributed by atoms with van der Waals surface area (Å²) in [4.78, 5) is 24.6. The summed E-state index contributed by atoms with van der Waals surface area (Å²) < 4.78 is 11.2. The molecule has 3 aromatic rings. The van der Waals surface area contributed by atoms with E-state index in [2.05, 4.69) is 10.6 Å². The highest BCUT2D eigenvalue weighted by molar-refractivity contribution is 6.06. The maximum Gasteiger partial charge on any atom is 0.259 e. The van der Waals surface area contributed by atoms with Crippen LogP contribution in [0.5, 0.6) is 5.75 Å². The van der Waals surface area contributed by atoms with Crippen molar-refractivity contribution in [2.24, 2.45) is 0 Å². The largest absolute Gasteiger partial charge is 0.483 e. The molecule has 6 nitrogen and oxygen atoms in total. The van der Waals surface area contributed by atoms with Crippen molar-refractivity contribution in [3.05, 3.63) is 96.1 Å². The Kier molecular flexibility index (Phi) is 8.64. The Morgan fingerprint density at radius 3 is 2.26 bits per heavy atom. The molecule has 0 spiro atoms. The van der Waals surface area contributed by atoms with E-state index in [9.17, 15) is 9.59 Å². The molecule has 0 unspecified atom stereocenters. The van der Waals surface area contributed by atoms with Gasteiger partial charge < -0.3 is 20.1 Å². The molecule has 0 fully saturated rings. The number of ether oxygens (including phenoxy) is 2. The highest BCUT2D eigenvalue weighted by atomic mass is 16.5. The Labute approximate surface area is 182 Å². The number of para-hydroxylation sites is 2. The topological polar surface area (TPSA) is 76.7 Å². The van der Waals surface area contributed by atoms with Crippen molar-refractivity contribution in [2.45, 2.75) is 13.0 Å². The zero-order valence-corrected chi connectivity index (χ0v) is 17.3. The first-order valence-electron chi connectivity index (χ1n) is 10.2. The fourth-order valence-corrected chi connectivity index (χ4v) is 2.86. The van der Waals surface area contributed by atoms with E-state index in [1.54, 1.807) is 36.4 Å². The first-order chi connectivity index (χ1) is 15.2. The number of anilines is 1. The molecule has 3 rings (SSSR count). The van der Waals surface area contributed by atoms with Crippen molar-refractivity contribution in [3.63, 3.8) is 0 Å². The van der Waals surface area contributed by atoms with Crippen molar-refractivity contribution in [3.8, 4) is 5.75 Å². The van der Waals surface area contributed by atoms with E-state index < -0.39 is 0 Å². The fraction of sp³-hybridized carbons (Fsp3) is 0.200. The number of carbonyl (C=O) groups is 2. The van der Waals surface area contributed by atoms with Gasteiger partial charge in [0.1, 0.15) is 5.75 Å². The van der Waals surface area contributed by atoms with Gasteiger partial charge in [0.25, 0.3) is 11.8 Å². The SMILES string of the molecule is O=C(COc1ccccc1C(=O)Nc1ccccc1)NCCCOCc1ccccc1. The predicted molar refractivity (Wildman–Crippen MR) is 120 cm³/mol. The average Bonchev–Trinajstić information content (AvgIpc) is 2.81. The molecule has 0 aliphatic heterocycles. The van der Waals surface area contributed by atoms with Gasteiger partial charge in [-0.05, 0) is 36.2 Å². The second-order valence-electron chi connectivity index (χ2n) is 6.85. The van der Waals surface area contributed by atoms with Crippen LogP contribution in [0.1, 0.15) is 22.3 Å². The van der Waals surface area contributed by atoms with E-state index in [0.717, 1.165) is 5.56 Å². The summed E-state index contributed by atoms with van der Waals surface area (Å²) in [7, 11) is 0. The predicted octanol–water partition coefficient (Wildman–Crippen LogP) is 4.04. The maximum atomic E-state index is 12.5. The molecule has 0 radical (unpaired) electrons. The van der Waals surface area contributed by atoms with Gasteiger partial charge in [0.05, 0.1) is 12.2 Å². The van der Waals surface area contributed by atoms with Gasteiger partial charge in [0, 0.05) is 18.8 Å². The summed E-state index contributed by atoms with van der Waals surface area (Å²) in [6, 6.07) is 26.0. The molecule has 2 N–H and O–H groups in total. The number of rotatable bonds is 11. The lowest BCUT2D eigenvalue weighted by molar-refractivity contribution is -0.123. The summed E-state index contributed by atoms with van der Waals surface area (Å²) in [5, 5.41) is 5.61. The normalized spacial score (nSPS) is 10.3. The molecular formula is C25H26N2O4. The third-order valence-corrected chi connectivity index (χ3v) is 4.42. The zero-order valence-electron chi connectivity index (χ0n) is 17.3. The summed E-state index contributed by atoms with van der Waals surface area (Å²) in [5.41, 5.74) is 2.18. The standard InChI is InChI=1S/C25H26N2O4/c28-24(26-16-9-17-30-18-20-10-3-1-4-11-20)19-31-23-15-8-7-14-22(23)25(29)27-21-12-5-2-6-13-21/h1-8,10-15H,9,16-19H2,(H,26,28)(H,27,29). The monoisotopic (exact) mass is 418 g/mol. The first-order valence-corrected chi connectivity index (χ1v) is 10.2. The number of hydrogen-bond donors (Lipinski definition) is 2.